The molecule has 1 aromatic rings. The molecule has 0 fully saturated rings. The summed E-state index contributed by atoms with van der Waals surface area (Å²) in [5, 5.41) is 4.34. The molecule has 0 aromatic heterocycles. The minimum Gasteiger partial charge on any atom is -0.363 e. The standard InChI is InChI=1S/C11H14N2S.ClH/c1-9-2-4-10(5-3-9)8-14-11-12-6-7-13-11;/h2-5H,6-8H2,1H3,(H,12,13);1H. The number of amidine groups is 1. The molecule has 1 aliphatic rings. The van der Waals surface area contributed by atoms with Crippen molar-refractivity contribution in [1.82, 2.24) is 5.32 Å². The lowest BCUT2D eigenvalue weighted by Crippen LogP contribution is -2.14. The number of rotatable bonds is 2. The average Bonchev–Trinajstić information content (AvgIpc) is 2.70. The van der Waals surface area contributed by atoms with Crippen LogP contribution >= 0.6 is 24.2 Å². The highest BCUT2D eigenvalue weighted by atomic mass is 35.5. The monoisotopic (exact) mass is 242 g/mol. The highest BCUT2D eigenvalue weighted by molar-refractivity contribution is 8.13. The van der Waals surface area contributed by atoms with E-state index in [1.54, 1.807) is 11.8 Å². The van der Waals surface area contributed by atoms with Crippen molar-refractivity contribution in [2.75, 3.05) is 13.1 Å². The van der Waals surface area contributed by atoms with E-state index in [9.17, 15) is 0 Å². The summed E-state index contributed by atoms with van der Waals surface area (Å²) in [5.41, 5.74) is 2.67. The zero-order chi connectivity index (χ0) is 9.80. The van der Waals surface area contributed by atoms with Gasteiger partial charge < -0.3 is 5.32 Å². The SMILES string of the molecule is Cc1ccc(CSC2=NCCN2)cc1.Cl. The van der Waals surface area contributed by atoms with Crippen molar-refractivity contribution in [2.24, 2.45) is 4.99 Å². The van der Waals surface area contributed by atoms with Crippen LogP contribution in [0.3, 0.4) is 0 Å². The smallest absolute Gasteiger partial charge is 0.157 e. The van der Waals surface area contributed by atoms with Gasteiger partial charge in [-0.2, -0.15) is 0 Å². The third-order valence-electron chi connectivity index (χ3n) is 2.14. The van der Waals surface area contributed by atoms with E-state index in [4.69, 9.17) is 0 Å². The number of aliphatic imine (C=N–C) groups is 1. The van der Waals surface area contributed by atoms with Crippen LogP contribution in [-0.4, -0.2) is 18.3 Å². The van der Waals surface area contributed by atoms with Gasteiger partial charge in [0, 0.05) is 12.3 Å². The van der Waals surface area contributed by atoms with Crippen molar-refractivity contribution < 1.29 is 0 Å². The van der Waals surface area contributed by atoms with Crippen LogP contribution in [0.2, 0.25) is 0 Å². The third-order valence-corrected chi connectivity index (χ3v) is 3.16. The van der Waals surface area contributed by atoms with E-state index in [2.05, 4.69) is 41.5 Å². The largest absolute Gasteiger partial charge is 0.363 e. The maximum absolute atomic E-state index is 4.34. The maximum Gasteiger partial charge on any atom is 0.157 e. The van der Waals surface area contributed by atoms with Gasteiger partial charge in [0.2, 0.25) is 0 Å². The molecular weight excluding hydrogens is 228 g/mol. The van der Waals surface area contributed by atoms with Crippen LogP contribution in [0.4, 0.5) is 0 Å². The fourth-order valence-corrected chi connectivity index (χ4v) is 2.19. The van der Waals surface area contributed by atoms with Crippen LogP contribution in [0.15, 0.2) is 29.3 Å². The molecule has 2 nitrogen and oxygen atoms in total. The molecule has 4 heteroatoms. The number of nitrogens with zero attached hydrogens (tertiary/aromatic N) is 1. The zero-order valence-corrected chi connectivity index (χ0v) is 10.3. The first-order valence-corrected chi connectivity index (χ1v) is 5.80. The Hall–Kier alpha value is -0.670. The lowest BCUT2D eigenvalue weighted by molar-refractivity contribution is 0.963. The number of benzene rings is 1. The van der Waals surface area contributed by atoms with Crippen molar-refractivity contribution in [3.8, 4) is 0 Å². The summed E-state index contributed by atoms with van der Waals surface area (Å²) in [6.45, 7) is 4.03. The average molecular weight is 243 g/mol. The molecule has 0 bridgehead atoms. The Kier molecular flexibility index (Phi) is 4.99. The molecule has 0 atom stereocenters. The van der Waals surface area contributed by atoms with E-state index in [-0.39, 0.29) is 12.4 Å². The van der Waals surface area contributed by atoms with Crippen molar-refractivity contribution in [1.29, 1.82) is 0 Å². The Balaban J connectivity index is 0.00000112. The molecule has 0 saturated heterocycles. The first-order chi connectivity index (χ1) is 6.84. The predicted molar refractivity (Wildman–Crippen MR) is 70.0 cm³/mol. The van der Waals surface area contributed by atoms with Crippen LogP contribution in [0, 0.1) is 6.92 Å². The number of halogens is 1. The van der Waals surface area contributed by atoms with Gasteiger partial charge in [0.25, 0.3) is 0 Å². The summed E-state index contributed by atoms with van der Waals surface area (Å²) in [5.74, 6) is 1.01. The van der Waals surface area contributed by atoms with Gasteiger partial charge >= 0.3 is 0 Å². The highest BCUT2D eigenvalue weighted by Gasteiger charge is 2.04. The molecule has 0 aliphatic carbocycles. The first-order valence-electron chi connectivity index (χ1n) is 4.81. The van der Waals surface area contributed by atoms with Crippen LogP contribution in [0.25, 0.3) is 0 Å². The van der Waals surface area contributed by atoms with Crippen molar-refractivity contribution in [3.63, 3.8) is 0 Å². The molecule has 2 rings (SSSR count). The second-order valence-corrected chi connectivity index (χ2v) is 4.35. The van der Waals surface area contributed by atoms with Crippen LogP contribution in [0.1, 0.15) is 11.1 Å². The topological polar surface area (TPSA) is 24.4 Å². The lowest BCUT2D eigenvalue weighted by Gasteiger charge is -2.02. The normalized spacial score (nSPS) is 14.1. The van der Waals surface area contributed by atoms with Crippen molar-refractivity contribution >= 4 is 29.3 Å². The van der Waals surface area contributed by atoms with Gasteiger partial charge in [0.1, 0.15) is 0 Å². The van der Waals surface area contributed by atoms with Gasteiger partial charge in [0.15, 0.2) is 5.17 Å². The molecule has 0 saturated carbocycles. The molecule has 1 aromatic carbocycles. The van der Waals surface area contributed by atoms with Crippen LogP contribution in [-0.2, 0) is 5.75 Å². The van der Waals surface area contributed by atoms with Crippen molar-refractivity contribution in [3.05, 3.63) is 35.4 Å². The fraction of sp³-hybridized carbons (Fsp3) is 0.364. The molecule has 0 unspecified atom stereocenters. The lowest BCUT2D eigenvalue weighted by atomic mass is 10.2. The molecule has 15 heavy (non-hydrogen) atoms. The molecule has 0 radical (unpaired) electrons. The second kappa shape index (κ2) is 6.03. The first kappa shape index (κ1) is 12.4. The fourth-order valence-electron chi connectivity index (χ4n) is 1.31. The van der Waals surface area contributed by atoms with Gasteiger partial charge in [-0.1, -0.05) is 41.6 Å². The summed E-state index contributed by atoms with van der Waals surface area (Å²) >= 11 is 1.78. The molecule has 1 aliphatic heterocycles. The minimum absolute atomic E-state index is 0. The second-order valence-electron chi connectivity index (χ2n) is 3.39. The summed E-state index contributed by atoms with van der Waals surface area (Å²) in [6, 6.07) is 8.66. The van der Waals surface area contributed by atoms with E-state index in [0.29, 0.717) is 0 Å². The van der Waals surface area contributed by atoms with Gasteiger partial charge in [-0.15, -0.1) is 12.4 Å². The number of nitrogens with one attached hydrogen (secondary N) is 1. The molecule has 82 valence electrons. The molecule has 1 heterocycles. The molecular formula is C11H15ClN2S. The number of aryl methyl sites for hydroxylation is 1. The summed E-state index contributed by atoms with van der Waals surface area (Å²) in [6.07, 6.45) is 0. The number of hydrogen-bond donors (Lipinski definition) is 1. The summed E-state index contributed by atoms with van der Waals surface area (Å²) in [7, 11) is 0. The van der Waals surface area contributed by atoms with Gasteiger partial charge in [-0.3, -0.25) is 4.99 Å². The Morgan fingerprint density at radius 1 is 1.33 bits per heavy atom. The number of hydrogen-bond acceptors (Lipinski definition) is 3. The Morgan fingerprint density at radius 2 is 2.07 bits per heavy atom. The molecule has 0 spiro atoms. The van der Waals surface area contributed by atoms with Crippen LogP contribution in [0.5, 0.6) is 0 Å². The Bertz CT molecular complexity index is 335. The van der Waals surface area contributed by atoms with Gasteiger partial charge in [-0.05, 0) is 12.5 Å². The molecule has 1 N–H and O–H groups in total. The third kappa shape index (κ3) is 3.76. The van der Waals surface area contributed by atoms with Gasteiger partial charge in [-0.25, -0.2) is 0 Å². The summed E-state index contributed by atoms with van der Waals surface area (Å²) in [4.78, 5) is 4.34. The summed E-state index contributed by atoms with van der Waals surface area (Å²) < 4.78 is 0. The van der Waals surface area contributed by atoms with Crippen LogP contribution < -0.4 is 5.32 Å². The highest BCUT2D eigenvalue weighted by Crippen LogP contribution is 2.14. The number of thioether (sulfide) groups is 1. The van der Waals surface area contributed by atoms with Gasteiger partial charge in [0.05, 0.1) is 6.54 Å². The van der Waals surface area contributed by atoms with E-state index in [0.717, 1.165) is 24.0 Å². The maximum atomic E-state index is 4.34. The van der Waals surface area contributed by atoms with E-state index in [1.807, 2.05) is 0 Å². The Labute approximate surface area is 101 Å². The quantitative estimate of drug-likeness (QED) is 0.862. The van der Waals surface area contributed by atoms with Crippen molar-refractivity contribution in [2.45, 2.75) is 12.7 Å². The Morgan fingerprint density at radius 3 is 2.67 bits per heavy atom. The predicted octanol–water partition coefficient (Wildman–Crippen LogP) is 2.61. The van der Waals surface area contributed by atoms with E-state index < -0.39 is 0 Å². The van der Waals surface area contributed by atoms with E-state index >= 15 is 0 Å². The zero-order valence-electron chi connectivity index (χ0n) is 8.69. The van der Waals surface area contributed by atoms with E-state index in [1.165, 1.54) is 11.1 Å². The molecule has 0 amide bonds. The minimum atomic E-state index is 0.